The molecule has 0 aromatic heterocycles. The summed E-state index contributed by atoms with van der Waals surface area (Å²) in [5, 5.41) is 0. The number of nitrogens with two attached hydrogens (primary N) is 1. The van der Waals surface area contributed by atoms with Gasteiger partial charge in [0.25, 0.3) is 10.2 Å². The summed E-state index contributed by atoms with van der Waals surface area (Å²) in [6.07, 6.45) is -4.15. The van der Waals surface area contributed by atoms with Gasteiger partial charge >= 0.3 is 6.18 Å². The predicted molar refractivity (Wildman–Crippen MR) is 56.3 cm³/mol. The zero-order chi connectivity index (χ0) is 13.5. The average Bonchev–Trinajstić information content (AvgIpc) is 2.13. The van der Waals surface area contributed by atoms with Crippen LogP contribution in [0.3, 0.4) is 0 Å². The fourth-order valence-electron chi connectivity index (χ4n) is 1.57. The Morgan fingerprint density at radius 1 is 1.41 bits per heavy atom. The second-order valence-electron chi connectivity index (χ2n) is 4.77. The van der Waals surface area contributed by atoms with Crippen LogP contribution in [0.1, 0.15) is 20.3 Å². The summed E-state index contributed by atoms with van der Waals surface area (Å²) >= 11 is 0. The Balaban J connectivity index is 2.52. The molecule has 0 aliphatic heterocycles. The fraction of sp³-hybridized carbons (Fsp3) is 1.00. The first kappa shape index (κ1) is 14.7. The number of alkyl halides is 3. The first-order chi connectivity index (χ1) is 7.44. The molecule has 17 heavy (non-hydrogen) atoms. The summed E-state index contributed by atoms with van der Waals surface area (Å²) in [6, 6.07) is -0.596. The SMILES string of the molecule is CC1(C)C(N)CC1NS(=O)(=O)NCC(F)(F)F. The molecule has 1 aliphatic rings. The van der Waals surface area contributed by atoms with Crippen LogP contribution in [-0.4, -0.2) is 33.2 Å². The Kier molecular flexibility index (Phi) is 3.78. The van der Waals surface area contributed by atoms with Crippen molar-refractivity contribution < 1.29 is 21.6 Å². The minimum atomic E-state index is -4.57. The van der Waals surface area contributed by atoms with Crippen LogP contribution in [0.4, 0.5) is 13.2 Å². The molecule has 1 rings (SSSR count). The van der Waals surface area contributed by atoms with Crippen molar-refractivity contribution in [3.63, 3.8) is 0 Å². The summed E-state index contributed by atoms with van der Waals surface area (Å²) in [5.41, 5.74) is 5.22. The van der Waals surface area contributed by atoms with Gasteiger partial charge in [0.15, 0.2) is 0 Å². The lowest BCUT2D eigenvalue weighted by Crippen LogP contribution is -2.65. The number of nitrogens with one attached hydrogen (secondary N) is 2. The molecule has 0 bridgehead atoms. The molecule has 5 nitrogen and oxygen atoms in total. The van der Waals surface area contributed by atoms with Crippen LogP contribution in [-0.2, 0) is 10.2 Å². The predicted octanol–water partition coefficient (Wildman–Crippen LogP) is 0.0985. The van der Waals surface area contributed by atoms with Crippen molar-refractivity contribution in [2.45, 2.75) is 38.5 Å². The van der Waals surface area contributed by atoms with E-state index in [9.17, 15) is 21.6 Å². The lowest BCUT2D eigenvalue weighted by molar-refractivity contribution is -0.121. The third-order valence-corrected chi connectivity index (χ3v) is 4.22. The van der Waals surface area contributed by atoms with Crippen molar-refractivity contribution in [2.75, 3.05) is 6.54 Å². The average molecular weight is 275 g/mol. The zero-order valence-corrected chi connectivity index (χ0v) is 10.3. The molecule has 0 saturated heterocycles. The van der Waals surface area contributed by atoms with E-state index in [0.717, 1.165) is 0 Å². The Labute approximate surface area is 98.1 Å². The molecule has 0 radical (unpaired) electrons. The molecule has 0 aromatic rings. The second-order valence-corrected chi connectivity index (χ2v) is 6.30. The largest absolute Gasteiger partial charge is 0.402 e. The first-order valence-corrected chi connectivity index (χ1v) is 6.51. The van der Waals surface area contributed by atoms with E-state index in [0.29, 0.717) is 6.42 Å². The van der Waals surface area contributed by atoms with E-state index in [1.165, 1.54) is 4.72 Å². The van der Waals surface area contributed by atoms with E-state index >= 15 is 0 Å². The molecular weight excluding hydrogens is 259 g/mol. The van der Waals surface area contributed by atoms with Gasteiger partial charge in [-0.05, 0) is 11.8 Å². The molecule has 1 fully saturated rings. The topological polar surface area (TPSA) is 84.2 Å². The Morgan fingerprint density at radius 2 is 1.94 bits per heavy atom. The van der Waals surface area contributed by atoms with Crippen LogP contribution in [0.25, 0.3) is 0 Å². The van der Waals surface area contributed by atoms with Gasteiger partial charge in [0, 0.05) is 12.1 Å². The normalized spacial score (nSPS) is 28.8. The fourth-order valence-corrected chi connectivity index (χ4v) is 2.78. The van der Waals surface area contributed by atoms with Crippen LogP contribution in [0, 0.1) is 5.41 Å². The third-order valence-electron chi connectivity index (χ3n) is 3.10. The van der Waals surface area contributed by atoms with E-state index < -0.39 is 34.4 Å². The van der Waals surface area contributed by atoms with E-state index in [2.05, 4.69) is 4.72 Å². The van der Waals surface area contributed by atoms with Gasteiger partial charge in [-0.3, -0.25) is 0 Å². The van der Waals surface area contributed by atoms with Crippen molar-refractivity contribution in [2.24, 2.45) is 11.1 Å². The summed E-state index contributed by atoms with van der Waals surface area (Å²) in [6.45, 7) is 1.94. The minimum Gasteiger partial charge on any atom is -0.327 e. The van der Waals surface area contributed by atoms with Gasteiger partial charge in [-0.1, -0.05) is 13.8 Å². The van der Waals surface area contributed by atoms with E-state index in [4.69, 9.17) is 5.73 Å². The van der Waals surface area contributed by atoms with Gasteiger partial charge < -0.3 is 5.73 Å². The molecule has 1 aliphatic carbocycles. The van der Waals surface area contributed by atoms with Crippen LogP contribution in [0.15, 0.2) is 0 Å². The first-order valence-electron chi connectivity index (χ1n) is 5.03. The molecule has 102 valence electrons. The quantitative estimate of drug-likeness (QED) is 0.680. The van der Waals surface area contributed by atoms with Crippen LogP contribution >= 0.6 is 0 Å². The van der Waals surface area contributed by atoms with Gasteiger partial charge in [-0.15, -0.1) is 0 Å². The summed E-state index contributed by atoms with van der Waals surface area (Å²) in [4.78, 5) is 0. The molecule has 9 heteroatoms. The molecule has 1 saturated carbocycles. The maximum absolute atomic E-state index is 11.9. The van der Waals surface area contributed by atoms with Crippen molar-refractivity contribution >= 4 is 10.2 Å². The monoisotopic (exact) mass is 275 g/mol. The summed E-state index contributed by atoms with van der Waals surface area (Å²) in [7, 11) is -4.14. The van der Waals surface area contributed by atoms with Crippen LogP contribution in [0.2, 0.25) is 0 Å². The number of halogens is 3. The van der Waals surface area contributed by atoms with Crippen LogP contribution in [0.5, 0.6) is 0 Å². The Bertz CT molecular complexity index is 380. The van der Waals surface area contributed by atoms with Gasteiger partial charge in [0.05, 0.1) is 0 Å². The highest BCUT2D eigenvalue weighted by Gasteiger charge is 2.47. The van der Waals surface area contributed by atoms with Crippen molar-refractivity contribution in [1.29, 1.82) is 0 Å². The zero-order valence-electron chi connectivity index (χ0n) is 9.50. The van der Waals surface area contributed by atoms with Crippen molar-refractivity contribution in [1.82, 2.24) is 9.44 Å². The van der Waals surface area contributed by atoms with E-state index in [1.54, 1.807) is 13.8 Å². The number of rotatable bonds is 4. The standard InChI is InChI=1S/C8H16F3N3O2S/c1-7(2)5(12)3-6(7)14-17(15,16)13-4-8(9,10)11/h5-6,13-14H,3-4,12H2,1-2H3. The van der Waals surface area contributed by atoms with Crippen molar-refractivity contribution in [3.05, 3.63) is 0 Å². The minimum absolute atomic E-state index is 0.155. The Hall–Kier alpha value is -0.380. The highest BCUT2D eigenvalue weighted by molar-refractivity contribution is 7.87. The Morgan fingerprint density at radius 3 is 2.29 bits per heavy atom. The maximum atomic E-state index is 11.9. The molecule has 2 unspecified atom stereocenters. The van der Waals surface area contributed by atoms with Gasteiger partial charge in [-0.2, -0.15) is 31.0 Å². The van der Waals surface area contributed by atoms with Crippen LogP contribution < -0.4 is 15.2 Å². The highest BCUT2D eigenvalue weighted by Crippen LogP contribution is 2.39. The molecule has 4 N–H and O–H groups in total. The summed E-state index contributed by atoms with van der Waals surface area (Å²) in [5.74, 6) is 0. The molecule has 0 amide bonds. The molecule has 0 heterocycles. The van der Waals surface area contributed by atoms with Gasteiger partial charge in [0.2, 0.25) is 0 Å². The lowest BCUT2D eigenvalue weighted by Gasteiger charge is -2.50. The second kappa shape index (κ2) is 4.38. The van der Waals surface area contributed by atoms with E-state index in [1.807, 2.05) is 0 Å². The molecular formula is C8H16F3N3O2S. The molecule has 0 spiro atoms. The number of hydrogen-bond donors (Lipinski definition) is 3. The lowest BCUT2D eigenvalue weighted by atomic mass is 9.64. The molecule has 0 aromatic carbocycles. The molecule has 2 atom stereocenters. The van der Waals surface area contributed by atoms with Gasteiger partial charge in [-0.25, -0.2) is 0 Å². The van der Waals surface area contributed by atoms with Crippen molar-refractivity contribution in [3.8, 4) is 0 Å². The third kappa shape index (κ3) is 3.80. The van der Waals surface area contributed by atoms with Gasteiger partial charge in [0.1, 0.15) is 6.54 Å². The van der Waals surface area contributed by atoms with E-state index in [-0.39, 0.29) is 6.04 Å². The highest BCUT2D eigenvalue weighted by atomic mass is 32.2. The maximum Gasteiger partial charge on any atom is 0.402 e. The smallest absolute Gasteiger partial charge is 0.327 e. The number of hydrogen-bond acceptors (Lipinski definition) is 3. The summed E-state index contributed by atoms with van der Waals surface area (Å²) < 4.78 is 61.8.